The Morgan fingerprint density at radius 3 is 2.05 bits per heavy atom. The van der Waals surface area contributed by atoms with Gasteiger partial charge in [-0.1, -0.05) is 48.5 Å². The number of piperazine rings is 1. The van der Waals surface area contributed by atoms with Crippen molar-refractivity contribution in [3.05, 3.63) is 89.7 Å². The Kier molecular flexibility index (Phi) is 8.53. The van der Waals surface area contributed by atoms with Crippen molar-refractivity contribution in [1.82, 2.24) is 14.8 Å². The molecular weight excluding hydrogens is 491 g/mol. The van der Waals surface area contributed by atoms with Crippen molar-refractivity contribution in [2.45, 2.75) is 51.5 Å². The van der Waals surface area contributed by atoms with E-state index in [1.165, 1.54) is 13.8 Å². The standard InChI is InChI=1S/C30H34F3N3O2/c1-4-38-28(37)27-21-35(17-18-36(27)20-23-13-15-34-16-14-23)19-22-5-7-24(8-6-22)25-9-11-26(12-10-25)29(2,3)30(31,32)33/h5-16,27H,4,17-21H2,1-3H3/t27-/m0/s1. The minimum Gasteiger partial charge on any atom is -0.465 e. The van der Waals surface area contributed by atoms with Gasteiger partial charge in [0.1, 0.15) is 6.04 Å². The Balaban J connectivity index is 1.41. The molecule has 1 atom stereocenters. The zero-order valence-electron chi connectivity index (χ0n) is 22.0. The van der Waals surface area contributed by atoms with E-state index in [9.17, 15) is 18.0 Å². The molecule has 5 nitrogen and oxygen atoms in total. The van der Waals surface area contributed by atoms with Gasteiger partial charge in [-0.05, 0) is 60.7 Å². The minimum absolute atomic E-state index is 0.209. The summed E-state index contributed by atoms with van der Waals surface area (Å²) in [5.41, 5.74) is 2.35. The molecular formula is C30H34F3N3O2. The highest BCUT2D eigenvalue weighted by atomic mass is 19.4. The number of aromatic nitrogens is 1. The number of carbonyl (C=O) groups is 1. The molecule has 202 valence electrons. The Morgan fingerprint density at radius 1 is 0.895 bits per heavy atom. The number of hydrogen-bond donors (Lipinski definition) is 0. The quantitative estimate of drug-likeness (QED) is 0.346. The second-order valence-corrected chi connectivity index (χ2v) is 10.2. The molecule has 0 unspecified atom stereocenters. The average molecular weight is 526 g/mol. The highest BCUT2D eigenvalue weighted by Gasteiger charge is 2.48. The molecule has 1 aliphatic heterocycles. The van der Waals surface area contributed by atoms with Crippen LogP contribution < -0.4 is 0 Å². The maximum absolute atomic E-state index is 13.4. The fourth-order valence-corrected chi connectivity index (χ4v) is 4.70. The van der Waals surface area contributed by atoms with Crippen LogP contribution in [0.25, 0.3) is 11.1 Å². The molecule has 0 spiro atoms. The SMILES string of the molecule is CCOC(=O)[C@@H]1CN(Cc2ccc(-c3ccc(C(C)(C)C(F)(F)F)cc3)cc2)CCN1Cc1ccncc1. The molecule has 38 heavy (non-hydrogen) atoms. The summed E-state index contributed by atoms with van der Waals surface area (Å²) in [7, 11) is 0. The van der Waals surface area contributed by atoms with Crippen molar-refractivity contribution in [3.63, 3.8) is 0 Å². The van der Waals surface area contributed by atoms with E-state index in [4.69, 9.17) is 4.74 Å². The van der Waals surface area contributed by atoms with Gasteiger partial charge in [0.25, 0.3) is 0 Å². The lowest BCUT2D eigenvalue weighted by molar-refractivity contribution is -0.180. The zero-order chi connectivity index (χ0) is 27.3. The first-order valence-electron chi connectivity index (χ1n) is 12.9. The Bertz CT molecular complexity index is 1200. The van der Waals surface area contributed by atoms with Crippen molar-refractivity contribution < 1.29 is 22.7 Å². The maximum Gasteiger partial charge on any atom is 0.397 e. The summed E-state index contributed by atoms with van der Waals surface area (Å²) in [5, 5.41) is 0. The van der Waals surface area contributed by atoms with Gasteiger partial charge in [-0.25, -0.2) is 0 Å². The van der Waals surface area contributed by atoms with E-state index in [1.807, 2.05) is 43.3 Å². The largest absolute Gasteiger partial charge is 0.465 e. The number of ether oxygens (including phenoxy) is 1. The van der Waals surface area contributed by atoms with E-state index in [0.717, 1.165) is 35.3 Å². The van der Waals surface area contributed by atoms with E-state index in [2.05, 4.69) is 14.8 Å². The summed E-state index contributed by atoms with van der Waals surface area (Å²) < 4.78 is 45.5. The van der Waals surface area contributed by atoms with E-state index >= 15 is 0 Å². The van der Waals surface area contributed by atoms with Crippen LogP contribution in [0, 0.1) is 0 Å². The monoisotopic (exact) mass is 525 g/mol. The molecule has 0 N–H and O–H groups in total. The first-order valence-corrected chi connectivity index (χ1v) is 12.9. The van der Waals surface area contributed by atoms with E-state index in [-0.39, 0.29) is 17.6 Å². The lowest BCUT2D eigenvalue weighted by Crippen LogP contribution is -2.56. The Hall–Kier alpha value is -3.23. The molecule has 4 rings (SSSR count). The van der Waals surface area contributed by atoms with Gasteiger partial charge in [0, 0.05) is 45.1 Å². The van der Waals surface area contributed by atoms with Crippen LogP contribution in [-0.4, -0.2) is 59.2 Å². The molecule has 0 amide bonds. The Morgan fingerprint density at radius 2 is 1.47 bits per heavy atom. The average Bonchev–Trinajstić information content (AvgIpc) is 2.90. The van der Waals surface area contributed by atoms with Crippen LogP contribution in [0.3, 0.4) is 0 Å². The first-order chi connectivity index (χ1) is 18.1. The van der Waals surface area contributed by atoms with Gasteiger partial charge in [-0.15, -0.1) is 0 Å². The minimum atomic E-state index is -4.31. The van der Waals surface area contributed by atoms with Crippen LogP contribution in [0.15, 0.2) is 73.1 Å². The second kappa shape index (κ2) is 11.7. The number of benzene rings is 2. The first kappa shape index (κ1) is 27.8. The van der Waals surface area contributed by atoms with Gasteiger partial charge in [0.2, 0.25) is 0 Å². The summed E-state index contributed by atoms with van der Waals surface area (Å²) >= 11 is 0. The predicted octanol–water partition coefficient (Wildman–Crippen LogP) is 5.84. The Labute approximate surface area is 222 Å². The number of rotatable bonds is 8. The fraction of sp³-hybridized carbons (Fsp3) is 0.400. The van der Waals surface area contributed by atoms with Crippen LogP contribution in [0.2, 0.25) is 0 Å². The van der Waals surface area contributed by atoms with Crippen molar-refractivity contribution >= 4 is 5.97 Å². The molecule has 1 aromatic heterocycles. The van der Waals surface area contributed by atoms with Crippen LogP contribution in [0.5, 0.6) is 0 Å². The van der Waals surface area contributed by atoms with Gasteiger partial charge in [-0.3, -0.25) is 19.6 Å². The zero-order valence-corrected chi connectivity index (χ0v) is 22.0. The number of nitrogens with zero attached hydrogens (tertiary/aromatic N) is 3. The summed E-state index contributed by atoms with van der Waals surface area (Å²) in [5.74, 6) is -0.209. The lowest BCUT2D eigenvalue weighted by Gasteiger charge is -2.40. The molecule has 2 heterocycles. The van der Waals surface area contributed by atoms with Crippen molar-refractivity contribution in [2.75, 3.05) is 26.2 Å². The molecule has 0 saturated carbocycles. The summed E-state index contributed by atoms with van der Waals surface area (Å²) in [6.45, 7) is 8.04. The third kappa shape index (κ3) is 6.42. The number of halogens is 3. The van der Waals surface area contributed by atoms with Crippen molar-refractivity contribution in [3.8, 4) is 11.1 Å². The predicted molar refractivity (Wildman–Crippen MR) is 141 cm³/mol. The highest BCUT2D eigenvalue weighted by molar-refractivity contribution is 5.76. The smallest absolute Gasteiger partial charge is 0.397 e. The van der Waals surface area contributed by atoms with Crippen LogP contribution in [0.4, 0.5) is 13.2 Å². The van der Waals surface area contributed by atoms with E-state index in [1.54, 1.807) is 36.7 Å². The molecule has 0 radical (unpaired) electrons. The second-order valence-electron chi connectivity index (χ2n) is 10.2. The summed E-state index contributed by atoms with van der Waals surface area (Å²) in [4.78, 5) is 21.3. The molecule has 2 aromatic carbocycles. The summed E-state index contributed by atoms with van der Waals surface area (Å²) in [6, 6.07) is 18.2. The molecule has 1 saturated heterocycles. The molecule has 8 heteroatoms. The van der Waals surface area contributed by atoms with Crippen LogP contribution >= 0.6 is 0 Å². The fourth-order valence-electron chi connectivity index (χ4n) is 4.70. The number of alkyl halides is 3. The normalized spacial score (nSPS) is 17.4. The van der Waals surface area contributed by atoms with E-state index in [0.29, 0.717) is 26.2 Å². The van der Waals surface area contributed by atoms with Gasteiger partial charge in [-0.2, -0.15) is 13.2 Å². The molecule has 1 aliphatic rings. The van der Waals surface area contributed by atoms with Gasteiger partial charge >= 0.3 is 12.1 Å². The number of hydrogen-bond acceptors (Lipinski definition) is 5. The van der Waals surface area contributed by atoms with Gasteiger partial charge in [0.15, 0.2) is 0 Å². The molecule has 3 aromatic rings. The third-order valence-electron chi connectivity index (χ3n) is 7.28. The molecule has 0 bridgehead atoms. The van der Waals surface area contributed by atoms with Gasteiger partial charge < -0.3 is 4.74 Å². The number of pyridine rings is 1. The highest BCUT2D eigenvalue weighted by Crippen LogP contribution is 2.40. The molecule has 1 fully saturated rings. The van der Waals surface area contributed by atoms with Crippen LogP contribution in [0.1, 0.15) is 37.5 Å². The van der Waals surface area contributed by atoms with E-state index < -0.39 is 11.6 Å². The lowest BCUT2D eigenvalue weighted by atomic mass is 9.83. The molecule has 0 aliphatic carbocycles. The van der Waals surface area contributed by atoms with Gasteiger partial charge in [0.05, 0.1) is 12.0 Å². The van der Waals surface area contributed by atoms with Crippen molar-refractivity contribution in [1.29, 1.82) is 0 Å². The van der Waals surface area contributed by atoms with Crippen molar-refractivity contribution in [2.24, 2.45) is 0 Å². The number of carbonyl (C=O) groups excluding carboxylic acids is 1. The number of esters is 1. The summed E-state index contributed by atoms with van der Waals surface area (Å²) in [6.07, 6.45) is -0.800. The topological polar surface area (TPSA) is 45.7 Å². The third-order valence-corrected chi connectivity index (χ3v) is 7.28. The maximum atomic E-state index is 13.4. The van der Waals surface area contributed by atoms with Crippen LogP contribution in [-0.2, 0) is 28.0 Å².